The summed E-state index contributed by atoms with van der Waals surface area (Å²) >= 11 is 5.88. The fraction of sp³-hybridized carbons (Fsp3) is 0.176. The lowest BCUT2D eigenvalue weighted by Crippen LogP contribution is -2.22. The molecule has 0 saturated heterocycles. The molecule has 126 valence electrons. The number of carbonyl (C=O) groups excluding carboxylic acids is 2. The third-order valence-corrected chi connectivity index (χ3v) is 3.62. The highest BCUT2D eigenvalue weighted by atomic mass is 35.5. The Morgan fingerprint density at radius 3 is 2.58 bits per heavy atom. The molecule has 1 amide bonds. The molecule has 0 atom stereocenters. The number of nitrogens with one attached hydrogen (secondary N) is 2. The van der Waals surface area contributed by atoms with Gasteiger partial charge in [-0.25, -0.2) is 9.18 Å². The van der Waals surface area contributed by atoms with Gasteiger partial charge in [0, 0.05) is 5.69 Å². The second-order valence-corrected chi connectivity index (χ2v) is 5.45. The van der Waals surface area contributed by atoms with Crippen LogP contribution in [0.3, 0.4) is 0 Å². The first kappa shape index (κ1) is 17.7. The van der Waals surface area contributed by atoms with E-state index >= 15 is 0 Å². The molecule has 2 N–H and O–H groups in total. The summed E-state index contributed by atoms with van der Waals surface area (Å²) in [6, 6.07) is 8.74. The summed E-state index contributed by atoms with van der Waals surface area (Å²) in [6.07, 6.45) is 0. The average molecular weight is 351 g/mol. The molecule has 5 nitrogen and oxygen atoms in total. The van der Waals surface area contributed by atoms with E-state index in [2.05, 4.69) is 15.4 Å². The second-order valence-electron chi connectivity index (χ2n) is 5.05. The van der Waals surface area contributed by atoms with Crippen LogP contribution < -0.4 is 10.6 Å². The van der Waals surface area contributed by atoms with Gasteiger partial charge < -0.3 is 15.4 Å². The van der Waals surface area contributed by atoms with E-state index in [1.165, 1.54) is 19.2 Å². The number of esters is 1. The van der Waals surface area contributed by atoms with Crippen molar-refractivity contribution in [1.29, 1.82) is 0 Å². The standard InChI is InChI=1S/C17H16ClFN2O3/c1-10-3-4-11(17(23)24-2)7-15(10)21-16(22)9-20-14-6-5-12(19)8-13(14)18/h3-8,20H,9H2,1-2H3,(H,21,22). The minimum Gasteiger partial charge on any atom is -0.465 e. The van der Waals surface area contributed by atoms with Gasteiger partial charge in [0.1, 0.15) is 5.82 Å². The Hall–Kier alpha value is -2.60. The van der Waals surface area contributed by atoms with Crippen molar-refractivity contribution in [3.05, 3.63) is 58.4 Å². The molecule has 0 heterocycles. The van der Waals surface area contributed by atoms with E-state index in [0.717, 1.165) is 11.6 Å². The number of amides is 1. The third kappa shape index (κ3) is 4.45. The van der Waals surface area contributed by atoms with Crippen molar-refractivity contribution in [1.82, 2.24) is 0 Å². The van der Waals surface area contributed by atoms with E-state index < -0.39 is 11.8 Å². The van der Waals surface area contributed by atoms with Crippen LogP contribution >= 0.6 is 11.6 Å². The molecule has 7 heteroatoms. The highest BCUT2D eigenvalue weighted by Gasteiger charge is 2.11. The molecule has 0 fully saturated rings. The number of benzene rings is 2. The molecule has 0 radical (unpaired) electrons. The predicted octanol–water partition coefficient (Wildman–Crippen LogP) is 3.62. The molecular formula is C17H16ClFN2O3. The van der Waals surface area contributed by atoms with Crippen LogP contribution in [0.15, 0.2) is 36.4 Å². The Morgan fingerprint density at radius 2 is 1.92 bits per heavy atom. The summed E-state index contributed by atoms with van der Waals surface area (Å²) in [6.45, 7) is 1.74. The fourth-order valence-electron chi connectivity index (χ4n) is 2.00. The van der Waals surface area contributed by atoms with E-state index in [9.17, 15) is 14.0 Å². The van der Waals surface area contributed by atoms with Crippen LogP contribution in [0.2, 0.25) is 5.02 Å². The van der Waals surface area contributed by atoms with Crippen molar-refractivity contribution in [2.45, 2.75) is 6.92 Å². The lowest BCUT2D eigenvalue weighted by molar-refractivity contribution is -0.114. The smallest absolute Gasteiger partial charge is 0.337 e. The SMILES string of the molecule is COC(=O)c1ccc(C)c(NC(=O)CNc2ccc(F)cc2Cl)c1. The minimum absolute atomic E-state index is 0.0623. The summed E-state index contributed by atoms with van der Waals surface area (Å²) in [4.78, 5) is 23.6. The van der Waals surface area contributed by atoms with Crippen LogP contribution in [0, 0.1) is 12.7 Å². The van der Waals surface area contributed by atoms with Crippen LogP contribution in [-0.2, 0) is 9.53 Å². The van der Waals surface area contributed by atoms with Crippen molar-refractivity contribution in [2.24, 2.45) is 0 Å². The van der Waals surface area contributed by atoms with E-state index in [0.29, 0.717) is 16.9 Å². The number of aryl methyl sites for hydroxylation is 1. The van der Waals surface area contributed by atoms with Gasteiger partial charge in [-0.15, -0.1) is 0 Å². The molecule has 0 aliphatic heterocycles. The van der Waals surface area contributed by atoms with Gasteiger partial charge in [0.05, 0.1) is 29.9 Å². The number of halogens is 2. The van der Waals surface area contributed by atoms with Gasteiger partial charge in [0.15, 0.2) is 0 Å². The second kappa shape index (κ2) is 7.79. The number of carbonyl (C=O) groups is 2. The first-order chi connectivity index (χ1) is 11.4. The largest absolute Gasteiger partial charge is 0.465 e. The Labute approximate surface area is 143 Å². The van der Waals surface area contributed by atoms with Crippen LogP contribution in [0.5, 0.6) is 0 Å². The van der Waals surface area contributed by atoms with E-state index in [4.69, 9.17) is 11.6 Å². The van der Waals surface area contributed by atoms with Gasteiger partial charge in [0.2, 0.25) is 5.91 Å². The van der Waals surface area contributed by atoms with Crippen molar-refractivity contribution < 1.29 is 18.7 Å². The average Bonchev–Trinajstić information content (AvgIpc) is 2.55. The number of methoxy groups -OCH3 is 1. The van der Waals surface area contributed by atoms with Gasteiger partial charge in [-0.3, -0.25) is 4.79 Å². The monoisotopic (exact) mass is 350 g/mol. The van der Waals surface area contributed by atoms with E-state index in [1.54, 1.807) is 25.1 Å². The first-order valence-corrected chi connectivity index (χ1v) is 7.46. The lowest BCUT2D eigenvalue weighted by Gasteiger charge is -2.12. The summed E-state index contributed by atoms with van der Waals surface area (Å²) in [7, 11) is 1.29. The van der Waals surface area contributed by atoms with Gasteiger partial charge in [-0.2, -0.15) is 0 Å². The van der Waals surface area contributed by atoms with Crippen molar-refractivity contribution in [2.75, 3.05) is 24.3 Å². The van der Waals surface area contributed by atoms with Crippen LogP contribution in [-0.4, -0.2) is 25.5 Å². The van der Waals surface area contributed by atoms with Crippen molar-refractivity contribution in [3.63, 3.8) is 0 Å². The molecule has 0 unspecified atom stereocenters. The number of rotatable bonds is 5. The number of hydrogen-bond donors (Lipinski definition) is 2. The van der Waals surface area contributed by atoms with Gasteiger partial charge in [0.25, 0.3) is 0 Å². The highest BCUT2D eigenvalue weighted by Crippen LogP contribution is 2.22. The maximum Gasteiger partial charge on any atom is 0.337 e. The molecule has 2 aromatic rings. The highest BCUT2D eigenvalue weighted by molar-refractivity contribution is 6.33. The molecular weight excluding hydrogens is 335 g/mol. The van der Waals surface area contributed by atoms with Gasteiger partial charge >= 0.3 is 5.97 Å². The summed E-state index contributed by atoms with van der Waals surface area (Å²) in [5.41, 5.74) is 2.10. The molecule has 0 aliphatic rings. The number of ether oxygens (including phenoxy) is 1. The molecule has 24 heavy (non-hydrogen) atoms. The van der Waals surface area contributed by atoms with Gasteiger partial charge in [-0.1, -0.05) is 17.7 Å². The lowest BCUT2D eigenvalue weighted by atomic mass is 10.1. The van der Waals surface area contributed by atoms with Gasteiger partial charge in [-0.05, 0) is 42.8 Å². The molecule has 0 aliphatic carbocycles. The van der Waals surface area contributed by atoms with E-state index in [-0.39, 0.29) is 17.5 Å². The maximum atomic E-state index is 13.0. The van der Waals surface area contributed by atoms with Crippen molar-refractivity contribution >= 4 is 34.9 Å². The molecule has 0 bridgehead atoms. The normalized spacial score (nSPS) is 10.2. The predicted molar refractivity (Wildman–Crippen MR) is 91.0 cm³/mol. The van der Waals surface area contributed by atoms with Crippen molar-refractivity contribution in [3.8, 4) is 0 Å². The molecule has 0 saturated carbocycles. The maximum absolute atomic E-state index is 13.0. The van der Waals surface area contributed by atoms with E-state index in [1.807, 2.05) is 0 Å². The van der Waals surface area contributed by atoms with Crippen LogP contribution in [0.25, 0.3) is 0 Å². The zero-order valence-electron chi connectivity index (χ0n) is 13.2. The fourth-order valence-corrected chi connectivity index (χ4v) is 2.24. The van der Waals surface area contributed by atoms with Crippen LogP contribution in [0.1, 0.15) is 15.9 Å². The first-order valence-electron chi connectivity index (χ1n) is 7.08. The molecule has 0 spiro atoms. The molecule has 0 aromatic heterocycles. The Balaban J connectivity index is 2.03. The Morgan fingerprint density at radius 1 is 1.17 bits per heavy atom. The van der Waals surface area contributed by atoms with Crippen LogP contribution in [0.4, 0.5) is 15.8 Å². The zero-order chi connectivity index (χ0) is 17.7. The quantitative estimate of drug-likeness (QED) is 0.808. The summed E-state index contributed by atoms with van der Waals surface area (Å²) < 4.78 is 17.6. The Kier molecular flexibility index (Phi) is 5.76. The Bertz CT molecular complexity index is 780. The molecule has 2 aromatic carbocycles. The topological polar surface area (TPSA) is 67.4 Å². The zero-order valence-corrected chi connectivity index (χ0v) is 13.9. The molecule has 2 rings (SSSR count). The third-order valence-electron chi connectivity index (χ3n) is 3.30. The summed E-state index contributed by atoms with van der Waals surface area (Å²) in [5.74, 6) is -1.27. The number of hydrogen-bond acceptors (Lipinski definition) is 4. The summed E-state index contributed by atoms with van der Waals surface area (Å²) in [5, 5.41) is 5.72. The minimum atomic E-state index is -0.485. The number of anilines is 2.